The van der Waals surface area contributed by atoms with Gasteiger partial charge in [0.05, 0.1) is 11.3 Å². The zero-order valence-electron chi connectivity index (χ0n) is 12.5. The summed E-state index contributed by atoms with van der Waals surface area (Å²) in [6.07, 6.45) is 0. The summed E-state index contributed by atoms with van der Waals surface area (Å²) >= 11 is 0. The zero-order valence-corrected chi connectivity index (χ0v) is 12.5. The Hall–Kier alpha value is -2.60. The summed E-state index contributed by atoms with van der Waals surface area (Å²) in [5.41, 5.74) is 2.80. The van der Waals surface area contributed by atoms with Crippen LogP contribution in [0.2, 0.25) is 0 Å². The van der Waals surface area contributed by atoms with Gasteiger partial charge < -0.3 is 5.32 Å². The van der Waals surface area contributed by atoms with Gasteiger partial charge in [0.15, 0.2) is 0 Å². The first-order valence-electron chi connectivity index (χ1n) is 6.83. The molecule has 0 heterocycles. The number of anilines is 1. The van der Waals surface area contributed by atoms with Crippen molar-refractivity contribution < 1.29 is 4.79 Å². The minimum atomic E-state index is -0.210. The molecule has 3 nitrogen and oxygen atoms in total. The Morgan fingerprint density at radius 2 is 1.67 bits per heavy atom. The van der Waals surface area contributed by atoms with Crippen LogP contribution in [0.3, 0.4) is 0 Å². The van der Waals surface area contributed by atoms with E-state index in [4.69, 9.17) is 5.26 Å². The summed E-state index contributed by atoms with van der Waals surface area (Å²) in [6, 6.07) is 16.6. The number of hydrogen-bond donors (Lipinski definition) is 1. The number of rotatable bonds is 2. The van der Waals surface area contributed by atoms with Crippen molar-refractivity contribution in [3.05, 3.63) is 65.2 Å². The molecule has 2 rings (SSSR count). The molecule has 0 radical (unpaired) electrons. The van der Waals surface area contributed by atoms with Crippen LogP contribution in [0.25, 0.3) is 0 Å². The summed E-state index contributed by atoms with van der Waals surface area (Å²) in [5.74, 6) is -0.210. The van der Waals surface area contributed by atoms with Crippen LogP contribution in [-0.4, -0.2) is 5.91 Å². The number of carbonyl (C=O) groups excluding carboxylic acids is 1. The van der Waals surface area contributed by atoms with Crippen molar-refractivity contribution in [2.24, 2.45) is 0 Å². The largest absolute Gasteiger partial charge is 0.321 e. The number of para-hydroxylation sites is 1. The van der Waals surface area contributed by atoms with Crippen LogP contribution in [0.4, 0.5) is 5.69 Å². The average molecular weight is 278 g/mol. The van der Waals surface area contributed by atoms with Crippen LogP contribution in [0.15, 0.2) is 48.5 Å². The lowest BCUT2D eigenvalue weighted by molar-refractivity contribution is 0.102. The zero-order chi connectivity index (χ0) is 15.5. The summed E-state index contributed by atoms with van der Waals surface area (Å²) in [5, 5.41) is 11.8. The van der Waals surface area contributed by atoms with E-state index in [0.717, 1.165) is 0 Å². The van der Waals surface area contributed by atoms with Gasteiger partial charge in [-0.1, -0.05) is 45.0 Å². The monoisotopic (exact) mass is 278 g/mol. The number of amides is 1. The molecule has 0 unspecified atom stereocenters. The van der Waals surface area contributed by atoms with Crippen molar-refractivity contribution in [1.82, 2.24) is 0 Å². The molecule has 0 aliphatic carbocycles. The van der Waals surface area contributed by atoms with Gasteiger partial charge in [0.2, 0.25) is 0 Å². The first-order chi connectivity index (χ1) is 9.91. The second-order valence-corrected chi connectivity index (χ2v) is 5.94. The fourth-order valence-corrected chi connectivity index (χ4v) is 2.01. The van der Waals surface area contributed by atoms with Crippen LogP contribution in [0.1, 0.15) is 42.3 Å². The molecule has 2 aromatic rings. The third-order valence-corrected chi connectivity index (χ3v) is 3.31. The topological polar surface area (TPSA) is 52.9 Å². The van der Waals surface area contributed by atoms with Crippen LogP contribution < -0.4 is 5.32 Å². The van der Waals surface area contributed by atoms with Crippen LogP contribution in [0, 0.1) is 11.3 Å². The Morgan fingerprint density at radius 1 is 1.05 bits per heavy atom. The van der Waals surface area contributed by atoms with Gasteiger partial charge in [-0.15, -0.1) is 0 Å². The highest BCUT2D eigenvalue weighted by Crippen LogP contribution is 2.22. The number of hydrogen-bond acceptors (Lipinski definition) is 2. The normalized spacial score (nSPS) is 10.8. The molecule has 21 heavy (non-hydrogen) atoms. The molecule has 106 valence electrons. The van der Waals surface area contributed by atoms with E-state index in [1.165, 1.54) is 5.56 Å². The Morgan fingerprint density at radius 3 is 2.24 bits per heavy atom. The fourth-order valence-electron chi connectivity index (χ4n) is 2.01. The van der Waals surface area contributed by atoms with Gasteiger partial charge in [0.1, 0.15) is 6.07 Å². The van der Waals surface area contributed by atoms with E-state index >= 15 is 0 Å². The molecule has 1 amide bonds. The van der Waals surface area contributed by atoms with Gasteiger partial charge in [-0.25, -0.2) is 0 Å². The van der Waals surface area contributed by atoms with E-state index in [1.54, 1.807) is 24.3 Å². The molecule has 3 heteroatoms. The molecule has 0 saturated heterocycles. The molecule has 1 N–H and O–H groups in total. The first kappa shape index (κ1) is 14.8. The maximum Gasteiger partial charge on any atom is 0.255 e. The molecule has 0 aliphatic rings. The standard InChI is InChI=1S/C18H18N2O/c1-18(2,3)15-10-8-13(9-11-15)17(21)20-16-7-5-4-6-14(16)12-19/h4-11H,1-3H3,(H,20,21). The predicted octanol–water partition coefficient (Wildman–Crippen LogP) is 4.11. The average Bonchev–Trinajstić information content (AvgIpc) is 2.47. The maximum atomic E-state index is 12.2. The lowest BCUT2D eigenvalue weighted by Gasteiger charge is -2.19. The van der Waals surface area contributed by atoms with Crippen molar-refractivity contribution in [3.63, 3.8) is 0 Å². The van der Waals surface area contributed by atoms with E-state index < -0.39 is 0 Å². The second kappa shape index (κ2) is 5.80. The fraction of sp³-hybridized carbons (Fsp3) is 0.222. The predicted molar refractivity (Wildman–Crippen MR) is 84.3 cm³/mol. The van der Waals surface area contributed by atoms with E-state index in [-0.39, 0.29) is 11.3 Å². The number of carbonyl (C=O) groups is 1. The van der Waals surface area contributed by atoms with E-state index in [1.807, 2.05) is 24.3 Å². The van der Waals surface area contributed by atoms with Crippen molar-refractivity contribution in [3.8, 4) is 6.07 Å². The summed E-state index contributed by atoms with van der Waals surface area (Å²) < 4.78 is 0. The number of nitrogens with one attached hydrogen (secondary N) is 1. The minimum Gasteiger partial charge on any atom is -0.321 e. The molecule has 0 aromatic heterocycles. The minimum absolute atomic E-state index is 0.0580. The lowest BCUT2D eigenvalue weighted by Crippen LogP contribution is -2.14. The van der Waals surface area contributed by atoms with Gasteiger partial charge in [-0.05, 0) is 35.2 Å². The van der Waals surface area contributed by atoms with E-state index in [0.29, 0.717) is 16.8 Å². The SMILES string of the molecule is CC(C)(C)c1ccc(C(=O)Nc2ccccc2C#N)cc1. The Labute approximate surface area is 125 Å². The van der Waals surface area contributed by atoms with Crippen molar-refractivity contribution in [2.45, 2.75) is 26.2 Å². The van der Waals surface area contributed by atoms with Gasteiger partial charge in [0, 0.05) is 5.56 Å². The molecule has 2 aromatic carbocycles. The van der Waals surface area contributed by atoms with Crippen LogP contribution in [0.5, 0.6) is 0 Å². The molecular weight excluding hydrogens is 260 g/mol. The summed E-state index contributed by atoms with van der Waals surface area (Å²) in [6.45, 7) is 6.39. The van der Waals surface area contributed by atoms with E-state index in [9.17, 15) is 4.79 Å². The van der Waals surface area contributed by atoms with Gasteiger partial charge in [0.25, 0.3) is 5.91 Å². The van der Waals surface area contributed by atoms with E-state index in [2.05, 4.69) is 32.2 Å². The van der Waals surface area contributed by atoms with Gasteiger partial charge in [-0.2, -0.15) is 5.26 Å². The highest BCUT2D eigenvalue weighted by molar-refractivity contribution is 6.04. The third-order valence-electron chi connectivity index (χ3n) is 3.31. The Balaban J connectivity index is 2.20. The summed E-state index contributed by atoms with van der Waals surface area (Å²) in [4.78, 5) is 12.2. The van der Waals surface area contributed by atoms with Crippen LogP contribution >= 0.6 is 0 Å². The van der Waals surface area contributed by atoms with Crippen molar-refractivity contribution >= 4 is 11.6 Å². The highest BCUT2D eigenvalue weighted by atomic mass is 16.1. The Kier molecular flexibility index (Phi) is 4.09. The Bertz CT molecular complexity index is 688. The smallest absolute Gasteiger partial charge is 0.255 e. The first-order valence-corrected chi connectivity index (χ1v) is 6.83. The van der Waals surface area contributed by atoms with Crippen molar-refractivity contribution in [2.75, 3.05) is 5.32 Å². The maximum absolute atomic E-state index is 12.2. The quantitative estimate of drug-likeness (QED) is 0.898. The lowest BCUT2D eigenvalue weighted by atomic mass is 9.87. The number of benzene rings is 2. The molecule has 0 aliphatic heterocycles. The molecule has 0 bridgehead atoms. The third kappa shape index (κ3) is 3.49. The van der Waals surface area contributed by atoms with Gasteiger partial charge in [-0.3, -0.25) is 4.79 Å². The molecule has 0 saturated carbocycles. The van der Waals surface area contributed by atoms with Crippen LogP contribution in [-0.2, 0) is 5.41 Å². The molecule has 0 atom stereocenters. The molecule has 0 spiro atoms. The highest BCUT2D eigenvalue weighted by Gasteiger charge is 2.14. The van der Waals surface area contributed by atoms with Gasteiger partial charge >= 0.3 is 0 Å². The second-order valence-electron chi connectivity index (χ2n) is 5.94. The summed E-state index contributed by atoms with van der Waals surface area (Å²) in [7, 11) is 0. The molecule has 0 fully saturated rings. The number of nitriles is 1. The molecular formula is C18H18N2O. The van der Waals surface area contributed by atoms with Crippen molar-refractivity contribution in [1.29, 1.82) is 5.26 Å². The number of nitrogens with zero attached hydrogens (tertiary/aromatic N) is 1.